The van der Waals surface area contributed by atoms with Gasteiger partial charge in [-0.2, -0.15) is 0 Å². The second-order valence-corrected chi connectivity index (χ2v) is 5.24. The van der Waals surface area contributed by atoms with Gasteiger partial charge in [0.25, 0.3) is 0 Å². The standard InChI is InChI=1S/C17H20N4O2/c1-22-16-8-4-5-12(20-16)11-19-17(18)21-14-9-10-23-15-7-3-2-6-13(14)15/h2-8,14H,9-11H2,1H3,(H3,18,19,21). The largest absolute Gasteiger partial charge is 0.493 e. The van der Waals surface area contributed by atoms with Crippen LogP contribution in [0.15, 0.2) is 47.5 Å². The molecule has 1 atom stereocenters. The molecule has 0 spiro atoms. The number of aromatic nitrogens is 1. The van der Waals surface area contributed by atoms with Crippen LogP contribution in [0.5, 0.6) is 11.6 Å². The van der Waals surface area contributed by atoms with E-state index in [0.717, 1.165) is 23.4 Å². The van der Waals surface area contributed by atoms with Crippen molar-refractivity contribution in [2.45, 2.75) is 19.0 Å². The molecule has 2 heterocycles. The zero-order chi connectivity index (χ0) is 16.1. The molecule has 1 aliphatic rings. The number of pyridine rings is 1. The number of nitrogens with one attached hydrogen (secondary N) is 1. The van der Waals surface area contributed by atoms with Gasteiger partial charge in [-0.3, -0.25) is 0 Å². The van der Waals surface area contributed by atoms with Crippen LogP contribution in [0.4, 0.5) is 0 Å². The summed E-state index contributed by atoms with van der Waals surface area (Å²) in [5.41, 5.74) is 7.93. The van der Waals surface area contributed by atoms with Crippen molar-refractivity contribution in [2.75, 3.05) is 13.7 Å². The number of aliphatic imine (C=N–C) groups is 1. The highest BCUT2D eigenvalue weighted by atomic mass is 16.5. The predicted molar refractivity (Wildman–Crippen MR) is 88.5 cm³/mol. The lowest BCUT2D eigenvalue weighted by Gasteiger charge is -2.26. The van der Waals surface area contributed by atoms with E-state index in [1.807, 2.05) is 36.4 Å². The first-order valence-electron chi connectivity index (χ1n) is 7.54. The summed E-state index contributed by atoms with van der Waals surface area (Å²) < 4.78 is 10.7. The van der Waals surface area contributed by atoms with Crippen molar-refractivity contribution >= 4 is 5.96 Å². The third-order valence-electron chi connectivity index (χ3n) is 3.68. The zero-order valence-corrected chi connectivity index (χ0v) is 13.0. The van der Waals surface area contributed by atoms with E-state index in [2.05, 4.69) is 15.3 Å². The molecule has 6 nitrogen and oxygen atoms in total. The Hall–Kier alpha value is -2.76. The second kappa shape index (κ2) is 7.00. The highest BCUT2D eigenvalue weighted by Crippen LogP contribution is 2.31. The smallest absolute Gasteiger partial charge is 0.213 e. The number of fused-ring (bicyclic) bond motifs is 1. The second-order valence-electron chi connectivity index (χ2n) is 5.24. The Morgan fingerprint density at radius 2 is 2.22 bits per heavy atom. The summed E-state index contributed by atoms with van der Waals surface area (Å²) in [6.45, 7) is 1.07. The van der Waals surface area contributed by atoms with Crippen LogP contribution in [0.1, 0.15) is 23.7 Å². The maximum atomic E-state index is 6.02. The molecule has 1 aromatic heterocycles. The van der Waals surface area contributed by atoms with Crippen LogP contribution in [0.3, 0.4) is 0 Å². The normalized spacial score (nSPS) is 17.1. The number of hydrogen-bond acceptors (Lipinski definition) is 4. The molecule has 3 N–H and O–H groups in total. The van der Waals surface area contributed by atoms with Crippen molar-refractivity contribution in [2.24, 2.45) is 10.7 Å². The molecule has 1 aromatic carbocycles. The van der Waals surface area contributed by atoms with Gasteiger partial charge in [0.15, 0.2) is 5.96 Å². The minimum absolute atomic E-state index is 0.113. The molecule has 0 fully saturated rings. The Morgan fingerprint density at radius 1 is 1.35 bits per heavy atom. The summed E-state index contributed by atoms with van der Waals surface area (Å²) in [6, 6.07) is 13.7. The van der Waals surface area contributed by atoms with Crippen molar-refractivity contribution < 1.29 is 9.47 Å². The number of nitrogens with two attached hydrogens (primary N) is 1. The van der Waals surface area contributed by atoms with E-state index in [-0.39, 0.29) is 6.04 Å². The summed E-state index contributed by atoms with van der Waals surface area (Å²) in [4.78, 5) is 8.67. The monoisotopic (exact) mass is 312 g/mol. The highest BCUT2D eigenvalue weighted by Gasteiger charge is 2.21. The summed E-state index contributed by atoms with van der Waals surface area (Å²) in [7, 11) is 1.59. The number of guanidine groups is 1. The lowest BCUT2D eigenvalue weighted by atomic mass is 10.0. The quantitative estimate of drug-likeness (QED) is 0.667. The van der Waals surface area contributed by atoms with Gasteiger partial charge >= 0.3 is 0 Å². The molecule has 6 heteroatoms. The molecule has 0 saturated carbocycles. The Kier molecular flexibility index (Phi) is 4.61. The first-order chi connectivity index (χ1) is 11.3. The summed E-state index contributed by atoms with van der Waals surface area (Å²) in [5.74, 6) is 1.87. The first kappa shape index (κ1) is 15.1. The number of para-hydroxylation sites is 1. The number of rotatable bonds is 4. The minimum atomic E-state index is 0.113. The fourth-order valence-corrected chi connectivity index (χ4v) is 2.54. The van der Waals surface area contributed by atoms with Crippen LogP contribution >= 0.6 is 0 Å². The zero-order valence-electron chi connectivity index (χ0n) is 13.0. The molecule has 0 amide bonds. The van der Waals surface area contributed by atoms with E-state index < -0.39 is 0 Å². The maximum Gasteiger partial charge on any atom is 0.213 e. The van der Waals surface area contributed by atoms with Crippen molar-refractivity contribution in [3.63, 3.8) is 0 Å². The van der Waals surface area contributed by atoms with Crippen LogP contribution in [-0.2, 0) is 6.54 Å². The van der Waals surface area contributed by atoms with Gasteiger partial charge in [-0.25, -0.2) is 9.98 Å². The van der Waals surface area contributed by atoms with Crippen molar-refractivity contribution in [3.8, 4) is 11.6 Å². The molecule has 0 aliphatic carbocycles. The van der Waals surface area contributed by atoms with E-state index in [1.165, 1.54) is 0 Å². The van der Waals surface area contributed by atoms with E-state index in [0.29, 0.717) is 25.0 Å². The van der Waals surface area contributed by atoms with Gasteiger partial charge in [0.2, 0.25) is 5.88 Å². The minimum Gasteiger partial charge on any atom is -0.493 e. The van der Waals surface area contributed by atoms with Crippen LogP contribution in [0.2, 0.25) is 0 Å². The average molecular weight is 312 g/mol. The van der Waals surface area contributed by atoms with E-state index in [1.54, 1.807) is 13.2 Å². The third kappa shape index (κ3) is 3.71. The van der Waals surface area contributed by atoms with Crippen molar-refractivity contribution in [1.29, 1.82) is 0 Å². The average Bonchev–Trinajstić information content (AvgIpc) is 2.60. The molecule has 120 valence electrons. The third-order valence-corrected chi connectivity index (χ3v) is 3.68. The number of ether oxygens (including phenoxy) is 2. The van der Waals surface area contributed by atoms with Crippen LogP contribution in [-0.4, -0.2) is 24.7 Å². The first-order valence-corrected chi connectivity index (χ1v) is 7.54. The topological polar surface area (TPSA) is 81.8 Å². The fourth-order valence-electron chi connectivity index (χ4n) is 2.54. The van der Waals surface area contributed by atoms with Crippen molar-refractivity contribution in [1.82, 2.24) is 10.3 Å². The Morgan fingerprint density at radius 3 is 3.09 bits per heavy atom. The fraction of sp³-hybridized carbons (Fsp3) is 0.294. The summed E-state index contributed by atoms with van der Waals surface area (Å²) in [5, 5.41) is 3.26. The van der Waals surface area contributed by atoms with E-state index >= 15 is 0 Å². The molecule has 23 heavy (non-hydrogen) atoms. The van der Waals surface area contributed by atoms with Crippen LogP contribution in [0.25, 0.3) is 0 Å². The van der Waals surface area contributed by atoms with Gasteiger partial charge in [-0.05, 0) is 12.1 Å². The Bertz CT molecular complexity index is 702. The van der Waals surface area contributed by atoms with Crippen LogP contribution < -0.4 is 20.5 Å². The van der Waals surface area contributed by atoms with Gasteiger partial charge in [0.05, 0.1) is 32.0 Å². The van der Waals surface area contributed by atoms with E-state index in [4.69, 9.17) is 15.2 Å². The maximum absolute atomic E-state index is 6.02. The molecule has 0 saturated heterocycles. The molecule has 1 aliphatic heterocycles. The van der Waals surface area contributed by atoms with Crippen molar-refractivity contribution in [3.05, 3.63) is 53.7 Å². The molecule has 0 radical (unpaired) electrons. The SMILES string of the molecule is COc1cccc(CN=C(N)NC2CCOc3ccccc32)n1. The highest BCUT2D eigenvalue weighted by molar-refractivity contribution is 5.78. The predicted octanol–water partition coefficient (Wildman–Crippen LogP) is 2.02. The van der Waals surface area contributed by atoms with Crippen LogP contribution in [0, 0.1) is 0 Å². The molecule has 1 unspecified atom stereocenters. The van der Waals surface area contributed by atoms with Gasteiger partial charge in [-0.15, -0.1) is 0 Å². The number of benzene rings is 1. The van der Waals surface area contributed by atoms with Gasteiger partial charge in [-0.1, -0.05) is 24.3 Å². The molecule has 2 aromatic rings. The lowest BCUT2D eigenvalue weighted by Crippen LogP contribution is -2.37. The number of nitrogens with zero attached hydrogens (tertiary/aromatic N) is 2. The molecular weight excluding hydrogens is 292 g/mol. The number of hydrogen-bond donors (Lipinski definition) is 2. The van der Waals surface area contributed by atoms with Gasteiger partial charge in [0, 0.05) is 18.1 Å². The van der Waals surface area contributed by atoms with Gasteiger partial charge < -0.3 is 20.5 Å². The molecule has 3 rings (SSSR count). The lowest BCUT2D eigenvalue weighted by molar-refractivity contribution is 0.262. The van der Waals surface area contributed by atoms with Gasteiger partial charge in [0.1, 0.15) is 5.75 Å². The Balaban J connectivity index is 1.66. The summed E-state index contributed by atoms with van der Waals surface area (Å²) >= 11 is 0. The number of methoxy groups -OCH3 is 1. The molecular formula is C17H20N4O2. The Labute approximate surface area is 135 Å². The summed E-state index contributed by atoms with van der Waals surface area (Å²) in [6.07, 6.45) is 0.852. The molecule has 0 bridgehead atoms. The van der Waals surface area contributed by atoms with E-state index in [9.17, 15) is 0 Å².